The van der Waals surface area contributed by atoms with Gasteiger partial charge in [-0.2, -0.15) is 0 Å². The molecule has 1 aliphatic carbocycles. The summed E-state index contributed by atoms with van der Waals surface area (Å²) in [6.07, 6.45) is 6.73. The molecule has 23 heavy (non-hydrogen) atoms. The van der Waals surface area contributed by atoms with Gasteiger partial charge in [0.15, 0.2) is 0 Å². The summed E-state index contributed by atoms with van der Waals surface area (Å²) in [4.78, 5) is 31.0. The fraction of sp³-hybridized carbons (Fsp3) is 0.500. The Balaban J connectivity index is 1.53. The van der Waals surface area contributed by atoms with E-state index in [-0.39, 0.29) is 17.9 Å². The molecule has 1 N–H and O–H groups in total. The van der Waals surface area contributed by atoms with E-state index in [2.05, 4.69) is 9.97 Å². The summed E-state index contributed by atoms with van der Waals surface area (Å²) in [6, 6.07) is 7.19. The van der Waals surface area contributed by atoms with Crippen molar-refractivity contribution in [3.63, 3.8) is 0 Å². The Morgan fingerprint density at radius 3 is 2.83 bits per heavy atom. The number of carbonyl (C=O) groups is 1. The maximum atomic E-state index is 12.0. The van der Waals surface area contributed by atoms with E-state index in [0.717, 1.165) is 12.8 Å². The Hall–Kier alpha value is -2.17. The van der Waals surface area contributed by atoms with Crippen LogP contribution in [0.2, 0.25) is 0 Å². The predicted octanol–water partition coefficient (Wildman–Crippen LogP) is 2.98. The monoisotopic (exact) mass is 314 g/mol. The van der Waals surface area contributed by atoms with Gasteiger partial charge in [-0.15, -0.1) is 0 Å². The third kappa shape index (κ3) is 4.18. The summed E-state index contributed by atoms with van der Waals surface area (Å²) < 4.78 is 5.36. The lowest BCUT2D eigenvalue weighted by Gasteiger charge is -2.20. The second kappa shape index (κ2) is 7.40. The SMILES string of the molecule is O=C(CCc1nc2ccccc2c(=O)[nH]1)OCC1CCCCC1. The van der Waals surface area contributed by atoms with Crippen LogP contribution in [0.4, 0.5) is 0 Å². The van der Waals surface area contributed by atoms with Gasteiger partial charge < -0.3 is 9.72 Å². The van der Waals surface area contributed by atoms with Crippen molar-refractivity contribution in [2.75, 3.05) is 6.61 Å². The average molecular weight is 314 g/mol. The van der Waals surface area contributed by atoms with Crippen molar-refractivity contribution in [2.24, 2.45) is 5.92 Å². The highest BCUT2D eigenvalue weighted by atomic mass is 16.5. The number of hydrogen-bond acceptors (Lipinski definition) is 4. The Morgan fingerprint density at radius 1 is 1.22 bits per heavy atom. The highest BCUT2D eigenvalue weighted by Gasteiger charge is 2.15. The first-order chi connectivity index (χ1) is 11.2. The number of ether oxygens (including phenoxy) is 1. The number of para-hydroxylation sites is 1. The molecule has 0 unspecified atom stereocenters. The van der Waals surface area contributed by atoms with E-state index >= 15 is 0 Å². The number of nitrogens with zero attached hydrogens (tertiary/aromatic N) is 1. The molecule has 0 saturated heterocycles. The van der Waals surface area contributed by atoms with Crippen LogP contribution in [0.15, 0.2) is 29.1 Å². The minimum Gasteiger partial charge on any atom is -0.465 e. The molecular weight excluding hydrogens is 292 g/mol. The third-order valence-corrected chi connectivity index (χ3v) is 4.43. The van der Waals surface area contributed by atoms with Gasteiger partial charge in [0, 0.05) is 6.42 Å². The van der Waals surface area contributed by atoms with Gasteiger partial charge in [-0.05, 0) is 30.9 Å². The first-order valence-electron chi connectivity index (χ1n) is 8.36. The number of fused-ring (bicyclic) bond motifs is 1. The number of aromatic nitrogens is 2. The smallest absolute Gasteiger partial charge is 0.306 e. The van der Waals surface area contributed by atoms with Crippen molar-refractivity contribution in [3.8, 4) is 0 Å². The molecule has 122 valence electrons. The highest BCUT2D eigenvalue weighted by Crippen LogP contribution is 2.23. The normalized spacial score (nSPS) is 15.7. The summed E-state index contributed by atoms with van der Waals surface area (Å²) in [5.41, 5.74) is 0.489. The van der Waals surface area contributed by atoms with Crippen molar-refractivity contribution in [1.82, 2.24) is 9.97 Å². The van der Waals surface area contributed by atoms with E-state index < -0.39 is 0 Å². The van der Waals surface area contributed by atoms with Gasteiger partial charge >= 0.3 is 5.97 Å². The minimum atomic E-state index is -0.216. The lowest BCUT2D eigenvalue weighted by atomic mass is 9.90. The Bertz CT molecular complexity index is 732. The first-order valence-corrected chi connectivity index (χ1v) is 8.36. The molecule has 0 spiro atoms. The molecule has 1 heterocycles. The van der Waals surface area contributed by atoms with Crippen molar-refractivity contribution in [2.45, 2.75) is 44.9 Å². The fourth-order valence-corrected chi connectivity index (χ4v) is 3.11. The first kappa shape index (κ1) is 15.7. The summed E-state index contributed by atoms with van der Waals surface area (Å²) >= 11 is 0. The van der Waals surface area contributed by atoms with Crippen LogP contribution in [-0.2, 0) is 16.0 Å². The van der Waals surface area contributed by atoms with Crippen LogP contribution >= 0.6 is 0 Å². The van der Waals surface area contributed by atoms with Crippen LogP contribution in [0.1, 0.15) is 44.3 Å². The van der Waals surface area contributed by atoms with Crippen LogP contribution in [0.5, 0.6) is 0 Å². The number of H-pyrrole nitrogens is 1. The molecule has 2 aromatic rings. The van der Waals surface area contributed by atoms with E-state index in [9.17, 15) is 9.59 Å². The summed E-state index contributed by atoms with van der Waals surface area (Å²) in [7, 11) is 0. The molecule has 0 atom stereocenters. The molecule has 1 fully saturated rings. The average Bonchev–Trinajstić information content (AvgIpc) is 2.59. The van der Waals surface area contributed by atoms with E-state index in [1.54, 1.807) is 12.1 Å². The molecule has 5 heteroatoms. The van der Waals surface area contributed by atoms with Crippen LogP contribution in [0, 0.1) is 5.92 Å². The predicted molar refractivity (Wildman–Crippen MR) is 88.2 cm³/mol. The molecular formula is C18H22N2O3. The molecule has 0 radical (unpaired) electrons. The molecule has 0 bridgehead atoms. The van der Waals surface area contributed by atoms with E-state index in [1.807, 2.05) is 12.1 Å². The van der Waals surface area contributed by atoms with Gasteiger partial charge in [0.25, 0.3) is 5.56 Å². The molecule has 0 aliphatic heterocycles. The zero-order chi connectivity index (χ0) is 16.1. The van der Waals surface area contributed by atoms with Crippen LogP contribution in [0.25, 0.3) is 10.9 Å². The number of aromatic amines is 1. The zero-order valence-electron chi connectivity index (χ0n) is 13.2. The Labute approximate surface area is 135 Å². The maximum Gasteiger partial charge on any atom is 0.306 e. The fourth-order valence-electron chi connectivity index (χ4n) is 3.11. The van der Waals surface area contributed by atoms with Gasteiger partial charge in [0.05, 0.1) is 23.9 Å². The van der Waals surface area contributed by atoms with Gasteiger partial charge in [-0.3, -0.25) is 9.59 Å². The van der Waals surface area contributed by atoms with Crippen molar-refractivity contribution in [3.05, 3.63) is 40.4 Å². The minimum absolute atomic E-state index is 0.166. The number of rotatable bonds is 5. The van der Waals surface area contributed by atoms with Crippen molar-refractivity contribution < 1.29 is 9.53 Å². The van der Waals surface area contributed by atoms with E-state index in [1.165, 1.54) is 19.3 Å². The lowest BCUT2D eigenvalue weighted by Crippen LogP contribution is -2.18. The number of hydrogen-bond donors (Lipinski definition) is 1. The number of esters is 1. The van der Waals surface area contributed by atoms with Gasteiger partial charge in [-0.25, -0.2) is 4.98 Å². The maximum absolute atomic E-state index is 12.0. The second-order valence-corrected chi connectivity index (χ2v) is 6.22. The molecule has 1 aromatic heterocycles. The molecule has 1 aliphatic rings. The molecule has 3 rings (SSSR count). The van der Waals surface area contributed by atoms with Crippen molar-refractivity contribution >= 4 is 16.9 Å². The molecule has 0 amide bonds. The lowest BCUT2D eigenvalue weighted by molar-refractivity contribution is -0.145. The van der Waals surface area contributed by atoms with Crippen LogP contribution in [-0.4, -0.2) is 22.5 Å². The summed E-state index contributed by atoms with van der Waals surface area (Å²) in [5, 5.41) is 0.566. The summed E-state index contributed by atoms with van der Waals surface area (Å²) in [6.45, 7) is 0.528. The number of carbonyl (C=O) groups excluding carboxylic acids is 1. The van der Waals surface area contributed by atoms with E-state index in [4.69, 9.17) is 4.74 Å². The Morgan fingerprint density at radius 2 is 2.00 bits per heavy atom. The zero-order valence-corrected chi connectivity index (χ0v) is 13.2. The second-order valence-electron chi connectivity index (χ2n) is 6.22. The number of benzene rings is 1. The highest BCUT2D eigenvalue weighted by molar-refractivity contribution is 5.77. The van der Waals surface area contributed by atoms with E-state index in [0.29, 0.717) is 35.7 Å². The van der Waals surface area contributed by atoms with Crippen LogP contribution in [0.3, 0.4) is 0 Å². The molecule has 5 nitrogen and oxygen atoms in total. The largest absolute Gasteiger partial charge is 0.465 e. The third-order valence-electron chi connectivity index (χ3n) is 4.43. The molecule has 1 saturated carbocycles. The topological polar surface area (TPSA) is 72.0 Å². The standard InChI is InChI=1S/C18H22N2O3/c21-17(23-12-13-6-2-1-3-7-13)11-10-16-19-15-9-5-4-8-14(15)18(22)20-16/h4-5,8-9,13H,1-3,6-7,10-12H2,(H,19,20,22). The summed E-state index contributed by atoms with van der Waals surface area (Å²) in [5.74, 6) is 0.834. The van der Waals surface area contributed by atoms with Gasteiger partial charge in [-0.1, -0.05) is 31.4 Å². The van der Waals surface area contributed by atoms with Gasteiger partial charge in [0.2, 0.25) is 0 Å². The molecule has 1 aromatic carbocycles. The number of nitrogens with one attached hydrogen (secondary N) is 1. The Kier molecular flexibility index (Phi) is 5.05. The van der Waals surface area contributed by atoms with Crippen molar-refractivity contribution in [1.29, 1.82) is 0 Å². The van der Waals surface area contributed by atoms with Crippen LogP contribution < -0.4 is 5.56 Å². The number of aryl methyl sites for hydroxylation is 1. The quantitative estimate of drug-likeness (QED) is 0.861. The van der Waals surface area contributed by atoms with Gasteiger partial charge in [0.1, 0.15) is 5.82 Å².